The number of carboxylic acid groups (broad SMARTS) is 1. The minimum absolute atomic E-state index is 0.0565. The van der Waals surface area contributed by atoms with Crippen LogP contribution in [0, 0.1) is 5.92 Å². The highest BCUT2D eigenvalue weighted by Crippen LogP contribution is 2.31. The van der Waals surface area contributed by atoms with Crippen LogP contribution in [0.4, 0.5) is 0 Å². The van der Waals surface area contributed by atoms with Gasteiger partial charge in [-0.3, -0.25) is 9.59 Å². The second-order valence-corrected chi connectivity index (χ2v) is 4.18. The van der Waals surface area contributed by atoms with Crippen molar-refractivity contribution >= 4 is 11.9 Å². The van der Waals surface area contributed by atoms with Crippen LogP contribution in [0.3, 0.4) is 0 Å². The normalized spacial score (nSPS) is 14.9. The molecule has 0 heterocycles. The van der Waals surface area contributed by atoms with Crippen LogP contribution in [0.5, 0.6) is 0 Å². The van der Waals surface area contributed by atoms with Crippen LogP contribution in [0.25, 0.3) is 0 Å². The monoisotopic (exact) mass is 213 g/mol. The molecule has 1 saturated carbocycles. The number of rotatable bonds is 8. The van der Waals surface area contributed by atoms with Gasteiger partial charge >= 0.3 is 5.97 Å². The fourth-order valence-corrected chi connectivity index (χ4v) is 1.47. The van der Waals surface area contributed by atoms with Gasteiger partial charge in [-0.1, -0.05) is 12.8 Å². The van der Waals surface area contributed by atoms with E-state index in [1.165, 1.54) is 12.8 Å². The average molecular weight is 213 g/mol. The lowest BCUT2D eigenvalue weighted by Crippen LogP contribution is -2.24. The third-order valence-electron chi connectivity index (χ3n) is 2.62. The van der Waals surface area contributed by atoms with Gasteiger partial charge in [0.15, 0.2) is 0 Å². The summed E-state index contributed by atoms with van der Waals surface area (Å²) >= 11 is 0. The van der Waals surface area contributed by atoms with Crippen molar-refractivity contribution in [1.29, 1.82) is 0 Å². The van der Waals surface area contributed by atoms with Gasteiger partial charge in [-0.25, -0.2) is 0 Å². The second kappa shape index (κ2) is 6.43. The van der Waals surface area contributed by atoms with Crippen LogP contribution in [0.1, 0.15) is 44.9 Å². The Morgan fingerprint density at radius 2 is 1.87 bits per heavy atom. The van der Waals surface area contributed by atoms with Crippen LogP contribution in [0.2, 0.25) is 0 Å². The minimum atomic E-state index is -0.788. The van der Waals surface area contributed by atoms with Gasteiger partial charge < -0.3 is 10.4 Å². The number of nitrogens with one attached hydrogen (secondary N) is 1. The van der Waals surface area contributed by atoms with Gasteiger partial charge in [0.1, 0.15) is 0 Å². The molecule has 4 nitrogen and oxygen atoms in total. The van der Waals surface area contributed by atoms with Crippen molar-refractivity contribution in [3.05, 3.63) is 0 Å². The van der Waals surface area contributed by atoms with E-state index in [0.717, 1.165) is 18.9 Å². The van der Waals surface area contributed by atoms with Gasteiger partial charge in [0, 0.05) is 19.4 Å². The molecule has 2 N–H and O–H groups in total. The predicted molar refractivity (Wildman–Crippen MR) is 56.5 cm³/mol. The summed E-state index contributed by atoms with van der Waals surface area (Å²) in [6.07, 6.45) is 5.60. The summed E-state index contributed by atoms with van der Waals surface area (Å²) in [5.74, 6) is 0.113. The molecular weight excluding hydrogens is 194 g/mol. The van der Waals surface area contributed by atoms with E-state index in [-0.39, 0.29) is 12.3 Å². The Morgan fingerprint density at radius 3 is 2.47 bits per heavy atom. The van der Waals surface area contributed by atoms with Crippen LogP contribution >= 0.6 is 0 Å². The first-order valence-electron chi connectivity index (χ1n) is 5.67. The zero-order valence-electron chi connectivity index (χ0n) is 9.00. The van der Waals surface area contributed by atoms with E-state index in [1.807, 2.05) is 0 Å². The van der Waals surface area contributed by atoms with Crippen LogP contribution in [-0.4, -0.2) is 23.5 Å². The Hall–Kier alpha value is -1.06. The van der Waals surface area contributed by atoms with Crippen molar-refractivity contribution in [2.75, 3.05) is 6.54 Å². The average Bonchev–Trinajstić information content (AvgIpc) is 2.96. The highest BCUT2D eigenvalue weighted by atomic mass is 16.4. The maximum atomic E-state index is 11.2. The Kier molecular flexibility index (Phi) is 5.15. The van der Waals surface area contributed by atoms with E-state index in [1.54, 1.807) is 0 Å². The number of hydrogen-bond donors (Lipinski definition) is 2. The Bertz CT molecular complexity index is 224. The molecule has 0 unspecified atom stereocenters. The quantitative estimate of drug-likeness (QED) is 0.601. The molecular formula is C11H19NO3. The van der Waals surface area contributed by atoms with Gasteiger partial charge in [-0.15, -0.1) is 0 Å². The molecule has 0 bridgehead atoms. The summed E-state index contributed by atoms with van der Waals surface area (Å²) in [4.78, 5) is 21.4. The highest BCUT2D eigenvalue weighted by molar-refractivity contribution is 5.75. The molecule has 86 valence electrons. The molecule has 0 aromatic rings. The molecule has 4 heteroatoms. The number of hydrogen-bond acceptors (Lipinski definition) is 2. The molecule has 0 spiro atoms. The fourth-order valence-electron chi connectivity index (χ4n) is 1.47. The maximum absolute atomic E-state index is 11.2. The smallest absolute Gasteiger partial charge is 0.303 e. The van der Waals surface area contributed by atoms with Gasteiger partial charge in [0.2, 0.25) is 5.91 Å². The molecule has 1 fully saturated rings. The molecule has 15 heavy (non-hydrogen) atoms. The zero-order chi connectivity index (χ0) is 11.1. The molecule has 0 saturated heterocycles. The van der Waals surface area contributed by atoms with Gasteiger partial charge in [0.25, 0.3) is 0 Å². The summed E-state index contributed by atoms with van der Waals surface area (Å²) in [6.45, 7) is 0.780. The van der Waals surface area contributed by atoms with Crippen molar-refractivity contribution in [2.45, 2.75) is 44.9 Å². The third-order valence-corrected chi connectivity index (χ3v) is 2.62. The van der Waals surface area contributed by atoms with Crippen LogP contribution in [0.15, 0.2) is 0 Å². The topological polar surface area (TPSA) is 66.4 Å². The number of amides is 1. The predicted octanol–water partition coefficient (Wildman–Crippen LogP) is 1.55. The molecule has 1 rings (SSSR count). The lowest BCUT2D eigenvalue weighted by Gasteiger charge is -2.03. The first-order chi connectivity index (χ1) is 7.18. The minimum Gasteiger partial charge on any atom is -0.481 e. The van der Waals surface area contributed by atoms with Crippen LogP contribution in [-0.2, 0) is 9.59 Å². The Morgan fingerprint density at radius 1 is 1.20 bits per heavy atom. The maximum Gasteiger partial charge on any atom is 0.303 e. The summed E-state index contributed by atoms with van der Waals surface area (Å²) in [5.41, 5.74) is 0. The number of carbonyl (C=O) groups excluding carboxylic acids is 1. The largest absolute Gasteiger partial charge is 0.481 e. The standard InChI is InChI=1S/C11H19NO3/c13-10(3-1-2-4-11(14)15)12-8-7-9-5-6-9/h9H,1-8H2,(H,12,13)(H,14,15). The Labute approximate surface area is 90.0 Å². The van der Waals surface area contributed by atoms with Crippen molar-refractivity contribution in [1.82, 2.24) is 5.32 Å². The van der Waals surface area contributed by atoms with Crippen LogP contribution < -0.4 is 5.32 Å². The molecule has 1 aliphatic rings. The van der Waals surface area contributed by atoms with E-state index in [2.05, 4.69) is 5.32 Å². The number of carbonyl (C=O) groups is 2. The lowest BCUT2D eigenvalue weighted by molar-refractivity contribution is -0.137. The number of unbranched alkanes of at least 4 members (excludes halogenated alkanes) is 1. The summed E-state index contributed by atoms with van der Waals surface area (Å²) in [5, 5.41) is 11.2. The van der Waals surface area contributed by atoms with Crippen molar-refractivity contribution in [2.24, 2.45) is 5.92 Å². The van der Waals surface area contributed by atoms with E-state index < -0.39 is 5.97 Å². The molecule has 1 aliphatic carbocycles. The summed E-state index contributed by atoms with van der Waals surface area (Å²) < 4.78 is 0. The summed E-state index contributed by atoms with van der Waals surface area (Å²) in [6, 6.07) is 0. The Balaban J connectivity index is 1.86. The number of aliphatic carboxylic acids is 1. The van der Waals surface area contributed by atoms with Crippen molar-refractivity contribution < 1.29 is 14.7 Å². The molecule has 0 aliphatic heterocycles. The first-order valence-corrected chi connectivity index (χ1v) is 5.67. The van der Waals surface area contributed by atoms with E-state index in [9.17, 15) is 9.59 Å². The van der Waals surface area contributed by atoms with Gasteiger partial charge in [0.05, 0.1) is 0 Å². The fraction of sp³-hybridized carbons (Fsp3) is 0.818. The van der Waals surface area contributed by atoms with E-state index >= 15 is 0 Å². The highest BCUT2D eigenvalue weighted by Gasteiger charge is 2.20. The molecule has 0 aromatic carbocycles. The number of carboxylic acids is 1. The second-order valence-electron chi connectivity index (χ2n) is 4.18. The summed E-state index contributed by atoms with van der Waals surface area (Å²) in [7, 11) is 0. The van der Waals surface area contributed by atoms with E-state index in [0.29, 0.717) is 19.3 Å². The SMILES string of the molecule is O=C(O)CCCCC(=O)NCCC1CC1. The van der Waals surface area contributed by atoms with Gasteiger partial charge in [-0.2, -0.15) is 0 Å². The van der Waals surface area contributed by atoms with E-state index in [4.69, 9.17) is 5.11 Å². The molecule has 0 aromatic heterocycles. The molecule has 1 amide bonds. The first kappa shape index (κ1) is 12.0. The van der Waals surface area contributed by atoms with Gasteiger partial charge in [-0.05, 0) is 25.2 Å². The molecule has 0 atom stereocenters. The zero-order valence-corrected chi connectivity index (χ0v) is 9.00. The molecule has 0 radical (unpaired) electrons. The van der Waals surface area contributed by atoms with Crippen molar-refractivity contribution in [3.63, 3.8) is 0 Å². The lowest BCUT2D eigenvalue weighted by atomic mass is 10.2. The van der Waals surface area contributed by atoms with Crippen molar-refractivity contribution in [3.8, 4) is 0 Å². The third kappa shape index (κ3) is 6.94.